The summed E-state index contributed by atoms with van der Waals surface area (Å²) < 4.78 is 32.5. The molecular formula is C15H24N2O3S. The third-order valence-electron chi connectivity index (χ3n) is 3.73. The van der Waals surface area contributed by atoms with E-state index in [1.165, 1.54) is 0 Å². The quantitative estimate of drug-likeness (QED) is 0.871. The second kappa shape index (κ2) is 7.24. The number of sulfonamides is 1. The molecule has 118 valence electrons. The van der Waals surface area contributed by atoms with E-state index in [1.807, 2.05) is 13.8 Å². The summed E-state index contributed by atoms with van der Waals surface area (Å²) >= 11 is 0. The fourth-order valence-corrected chi connectivity index (χ4v) is 4.38. The topological polar surface area (TPSA) is 58.6 Å². The lowest BCUT2D eigenvalue weighted by atomic mass is 10.1. The summed E-state index contributed by atoms with van der Waals surface area (Å²) in [6, 6.07) is 6.71. The summed E-state index contributed by atoms with van der Waals surface area (Å²) in [7, 11) is -3.44. The molecule has 0 saturated carbocycles. The van der Waals surface area contributed by atoms with Crippen LogP contribution in [0.3, 0.4) is 0 Å². The third kappa shape index (κ3) is 3.75. The van der Waals surface area contributed by atoms with Crippen molar-refractivity contribution in [1.82, 2.24) is 9.62 Å². The van der Waals surface area contributed by atoms with Gasteiger partial charge < -0.3 is 10.1 Å². The van der Waals surface area contributed by atoms with Gasteiger partial charge >= 0.3 is 0 Å². The van der Waals surface area contributed by atoms with E-state index in [2.05, 4.69) is 5.32 Å². The highest BCUT2D eigenvalue weighted by molar-refractivity contribution is 7.89. The van der Waals surface area contributed by atoms with Gasteiger partial charge in [0.05, 0.1) is 11.5 Å². The minimum absolute atomic E-state index is 0.0420. The summed E-state index contributed by atoms with van der Waals surface area (Å²) in [5.74, 6) is 0.693. The van der Waals surface area contributed by atoms with Crippen LogP contribution < -0.4 is 10.1 Å². The molecule has 1 aliphatic rings. The normalized spacial score (nSPS) is 19.7. The molecule has 0 radical (unpaired) electrons. The van der Waals surface area contributed by atoms with E-state index in [4.69, 9.17) is 4.74 Å². The van der Waals surface area contributed by atoms with E-state index in [9.17, 15) is 8.42 Å². The molecule has 0 bridgehead atoms. The Balaban J connectivity index is 2.21. The fourth-order valence-electron chi connectivity index (χ4n) is 2.71. The molecule has 0 amide bonds. The Morgan fingerprint density at radius 2 is 2.00 bits per heavy atom. The molecule has 1 heterocycles. The van der Waals surface area contributed by atoms with E-state index in [0.717, 1.165) is 25.9 Å². The number of hydrogen-bond acceptors (Lipinski definition) is 4. The highest BCUT2D eigenvalue weighted by atomic mass is 32.2. The SMILES string of the molecule is CCOc1ccc(S(=O)(=O)N(CC)C2CCCNC2)cc1. The van der Waals surface area contributed by atoms with Crippen LogP contribution in [0.1, 0.15) is 26.7 Å². The van der Waals surface area contributed by atoms with Crippen molar-refractivity contribution in [2.45, 2.75) is 37.6 Å². The zero-order valence-electron chi connectivity index (χ0n) is 12.7. The van der Waals surface area contributed by atoms with E-state index in [0.29, 0.717) is 23.8 Å². The number of benzene rings is 1. The van der Waals surface area contributed by atoms with Gasteiger partial charge in [-0.25, -0.2) is 8.42 Å². The number of hydrogen-bond donors (Lipinski definition) is 1. The number of ether oxygens (including phenoxy) is 1. The molecule has 1 aliphatic heterocycles. The predicted molar refractivity (Wildman–Crippen MR) is 83.1 cm³/mol. The zero-order chi connectivity index (χ0) is 15.3. The van der Waals surface area contributed by atoms with E-state index < -0.39 is 10.0 Å². The van der Waals surface area contributed by atoms with Gasteiger partial charge in [0.25, 0.3) is 0 Å². The molecule has 6 heteroatoms. The molecule has 1 unspecified atom stereocenters. The maximum absolute atomic E-state index is 12.8. The van der Waals surface area contributed by atoms with Gasteiger partial charge in [-0.2, -0.15) is 4.31 Å². The number of piperidine rings is 1. The molecule has 1 N–H and O–H groups in total. The molecule has 1 saturated heterocycles. The summed E-state index contributed by atoms with van der Waals surface area (Å²) in [5.41, 5.74) is 0. The van der Waals surface area contributed by atoms with Gasteiger partial charge in [0.15, 0.2) is 0 Å². The second-order valence-corrected chi connectivity index (χ2v) is 7.00. The van der Waals surface area contributed by atoms with Crippen LogP contribution in [0.15, 0.2) is 29.2 Å². The molecule has 5 nitrogen and oxygen atoms in total. The van der Waals surface area contributed by atoms with Gasteiger partial charge in [0.1, 0.15) is 5.75 Å². The Kier molecular flexibility index (Phi) is 5.61. The molecular weight excluding hydrogens is 288 g/mol. The van der Waals surface area contributed by atoms with Crippen molar-refractivity contribution in [2.24, 2.45) is 0 Å². The molecule has 1 aromatic rings. The Labute approximate surface area is 127 Å². The molecule has 0 spiro atoms. The monoisotopic (exact) mass is 312 g/mol. The molecule has 0 aromatic heterocycles. The minimum atomic E-state index is -3.44. The van der Waals surface area contributed by atoms with Gasteiger partial charge in [0.2, 0.25) is 10.0 Å². The summed E-state index contributed by atoms with van der Waals surface area (Å²) in [6.45, 7) is 6.55. The molecule has 1 atom stereocenters. The van der Waals surface area contributed by atoms with Crippen LogP contribution in [0.2, 0.25) is 0 Å². The Morgan fingerprint density at radius 3 is 2.52 bits per heavy atom. The number of rotatable bonds is 6. The predicted octanol–water partition coefficient (Wildman–Crippen LogP) is 1.85. The lowest BCUT2D eigenvalue weighted by Gasteiger charge is -2.33. The van der Waals surface area contributed by atoms with Gasteiger partial charge in [-0.3, -0.25) is 0 Å². The van der Waals surface area contributed by atoms with Gasteiger partial charge in [-0.05, 0) is 50.6 Å². The molecule has 1 aromatic carbocycles. The molecule has 21 heavy (non-hydrogen) atoms. The Morgan fingerprint density at radius 1 is 1.29 bits per heavy atom. The Bertz CT molecular complexity index is 537. The van der Waals surface area contributed by atoms with Crippen LogP contribution in [-0.4, -0.2) is 45.0 Å². The molecule has 2 rings (SSSR count). The smallest absolute Gasteiger partial charge is 0.243 e. The molecule has 0 aliphatic carbocycles. The Hall–Kier alpha value is -1.11. The standard InChI is InChI=1S/C15H24N2O3S/c1-3-17(13-6-5-11-16-12-13)21(18,19)15-9-7-14(8-10-15)20-4-2/h7-10,13,16H,3-6,11-12H2,1-2H3. The van der Waals surface area contributed by atoms with Crippen LogP contribution in [0.5, 0.6) is 5.75 Å². The average Bonchev–Trinajstić information content (AvgIpc) is 2.50. The van der Waals surface area contributed by atoms with Crippen LogP contribution in [0.4, 0.5) is 0 Å². The van der Waals surface area contributed by atoms with Crippen molar-refractivity contribution in [3.05, 3.63) is 24.3 Å². The molecule has 1 fully saturated rings. The van der Waals surface area contributed by atoms with Crippen molar-refractivity contribution in [3.63, 3.8) is 0 Å². The minimum Gasteiger partial charge on any atom is -0.494 e. The van der Waals surface area contributed by atoms with Crippen LogP contribution in [-0.2, 0) is 10.0 Å². The highest BCUT2D eigenvalue weighted by Gasteiger charge is 2.30. The maximum atomic E-state index is 12.8. The summed E-state index contributed by atoms with van der Waals surface area (Å²) in [6.07, 6.45) is 1.93. The van der Waals surface area contributed by atoms with E-state index in [1.54, 1.807) is 28.6 Å². The third-order valence-corrected chi connectivity index (χ3v) is 5.77. The van der Waals surface area contributed by atoms with Crippen molar-refractivity contribution in [2.75, 3.05) is 26.2 Å². The number of nitrogens with one attached hydrogen (secondary N) is 1. The van der Waals surface area contributed by atoms with Crippen LogP contribution in [0, 0.1) is 0 Å². The van der Waals surface area contributed by atoms with Crippen LogP contribution >= 0.6 is 0 Å². The van der Waals surface area contributed by atoms with Gasteiger partial charge in [-0.15, -0.1) is 0 Å². The van der Waals surface area contributed by atoms with Crippen molar-refractivity contribution in [3.8, 4) is 5.75 Å². The summed E-state index contributed by atoms with van der Waals surface area (Å²) in [5, 5.41) is 3.27. The first-order chi connectivity index (χ1) is 10.1. The lowest BCUT2D eigenvalue weighted by molar-refractivity contribution is 0.274. The largest absolute Gasteiger partial charge is 0.494 e. The number of nitrogens with zero attached hydrogens (tertiary/aromatic N) is 1. The first kappa shape index (κ1) is 16.3. The fraction of sp³-hybridized carbons (Fsp3) is 0.600. The first-order valence-electron chi connectivity index (χ1n) is 7.55. The lowest BCUT2D eigenvalue weighted by Crippen LogP contribution is -2.48. The van der Waals surface area contributed by atoms with Gasteiger partial charge in [0, 0.05) is 19.1 Å². The van der Waals surface area contributed by atoms with Crippen molar-refractivity contribution >= 4 is 10.0 Å². The zero-order valence-corrected chi connectivity index (χ0v) is 13.5. The highest BCUT2D eigenvalue weighted by Crippen LogP contribution is 2.23. The average molecular weight is 312 g/mol. The van der Waals surface area contributed by atoms with Crippen LogP contribution in [0.25, 0.3) is 0 Å². The second-order valence-electron chi connectivity index (χ2n) is 5.11. The number of likely N-dealkylation sites (N-methyl/N-ethyl adjacent to an activating group) is 1. The maximum Gasteiger partial charge on any atom is 0.243 e. The van der Waals surface area contributed by atoms with Gasteiger partial charge in [-0.1, -0.05) is 6.92 Å². The summed E-state index contributed by atoms with van der Waals surface area (Å²) in [4.78, 5) is 0.332. The first-order valence-corrected chi connectivity index (χ1v) is 8.99. The van der Waals surface area contributed by atoms with E-state index in [-0.39, 0.29) is 6.04 Å². The van der Waals surface area contributed by atoms with Crippen molar-refractivity contribution < 1.29 is 13.2 Å². The van der Waals surface area contributed by atoms with E-state index >= 15 is 0 Å². The van der Waals surface area contributed by atoms with Crippen molar-refractivity contribution in [1.29, 1.82) is 0 Å².